The molecule has 1 aromatic carbocycles. The van der Waals surface area contributed by atoms with Gasteiger partial charge in [-0.05, 0) is 13.0 Å². The summed E-state index contributed by atoms with van der Waals surface area (Å²) < 4.78 is 4.82. The molecule has 0 aliphatic heterocycles. The molecule has 1 aromatic rings. The highest BCUT2D eigenvalue weighted by Crippen LogP contribution is 2.17. The molecule has 1 rings (SSSR count). The van der Waals surface area contributed by atoms with Crippen LogP contribution in [0.25, 0.3) is 0 Å². The molecule has 4 nitrogen and oxygen atoms in total. The van der Waals surface area contributed by atoms with Crippen LogP contribution in [0.5, 0.6) is 5.75 Å². The molecule has 0 unspecified atom stereocenters. The molecule has 0 bridgehead atoms. The Hall–Kier alpha value is -1.10. The van der Waals surface area contributed by atoms with Gasteiger partial charge in [-0.25, -0.2) is 0 Å². The number of ether oxygens (including phenoxy) is 1. The number of phenols is 1. The molecule has 0 aliphatic rings. The Morgan fingerprint density at radius 3 is 2.87 bits per heavy atom. The molecule has 0 aromatic heterocycles. The van der Waals surface area contributed by atoms with E-state index in [4.69, 9.17) is 9.57 Å². The normalized spacial score (nSPS) is 10.5. The topological polar surface area (TPSA) is 50.7 Å². The minimum absolute atomic E-state index is 0.281. The second-order valence-corrected chi connectivity index (χ2v) is 3.29. The highest BCUT2D eigenvalue weighted by atomic mass is 16.7. The van der Waals surface area contributed by atoms with Crippen molar-refractivity contribution in [3.05, 3.63) is 29.3 Å². The molecular weight excluding hydrogens is 194 g/mol. The van der Waals surface area contributed by atoms with Crippen LogP contribution in [0.1, 0.15) is 11.1 Å². The van der Waals surface area contributed by atoms with Gasteiger partial charge in [-0.3, -0.25) is 4.84 Å². The van der Waals surface area contributed by atoms with Crippen LogP contribution in [-0.2, 0) is 16.1 Å². The Kier molecular flexibility index (Phi) is 5.10. The summed E-state index contributed by atoms with van der Waals surface area (Å²) in [7, 11) is 1.62. The molecule has 4 heteroatoms. The lowest BCUT2D eigenvalue weighted by Gasteiger charge is -2.07. The predicted molar refractivity (Wildman–Crippen MR) is 57.5 cm³/mol. The molecule has 0 saturated heterocycles. The molecule has 0 aliphatic carbocycles. The minimum Gasteiger partial charge on any atom is -0.508 e. The van der Waals surface area contributed by atoms with Gasteiger partial charge in [0, 0.05) is 19.2 Å². The van der Waals surface area contributed by atoms with E-state index in [0.717, 1.165) is 11.1 Å². The largest absolute Gasteiger partial charge is 0.508 e. The van der Waals surface area contributed by atoms with E-state index in [9.17, 15) is 5.11 Å². The lowest BCUT2D eigenvalue weighted by atomic mass is 10.1. The number of aromatic hydroxyl groups is 1. The first kappa shape index (κ1) is 12.0. The maximum Gasteiger partial charge on any atom is 0.120 e. The lowest BCUT2D eigenvalue weighted by molar-refractivity contribution is 0.00322. The molecule has 0 heterocycles. The summed E-state index contributed by atoms with van der Waals surface area (Å²) in [6.45, 7) is 3.50. The molecule has 0 fully saturated rings. The van der Waals surface area contributed by atoms with Gasteiger partial charge in [0.05, 0.1) is 13.2 Å². The number of phenolic OH excluding ortho intramolecular Hbond substituents is 1. The smallest absolute Gasteiger partial charge is 0.120 e. The number of hydrogen-bond donors (Lipinski definition) is 2. The quantitative estimate of drug-likeness (QED) is 0.551. The highest BCUT2D eigenvalue weighted by molar-refractivity contribution is 5.35. The van der Waals surface area contributed by atoms with E-state index >= 15 is 0 Å². The average molecular weight is 211 g/mol. The van der Waals surface area contributed by atoms with Crippen LogP contribution in [0.4, 0.5) is 0 Å². The fourth-order valence-electron chi connectivity index (χ4n) is 1.18. The number of methoxy groups -OCH3 is 1. The Labute approximate surface area is 89.8 Å². The van der Waals surface area contributed by atoms with E-state index in [0.29, 0.717) is 19.8 Å². The molecule has 2 N–H and O–H groups in total. The summed E-state index contributed by atoms with van der Waals surface area (Å²) in [6, 6.07) is 5.47. The van der Waals surface area contributed by atoms with Gasteiger partial charge in [-0.1, -0.05) is 17.7 Å². The van der Waals surface area contributed by atoms with Gasteiger partial charge < -0.3 is 9.84 Å². The van der Waals surface area contributed by atoms with Gasteiger partial charge in [0.25, 0.3) is 0 Å². The number of hydroxylamine groups is 1. The molecule has 0 radical (unpaired) electrons. The Morgan fingerprint density at radius 2 is 2.13 bits per heavy atom. The SMILES string of the molecule is COCCONCc1cc(C)ccc1O. The zero-order valence-corrected chi connectivity index (χ0v) is 9.12. The van der Waals surface area contributed by atoms with Crippen LogP contribution < -0.4 is 5.48 Å². The second-order valence-electron chi connectivity index (χ2n) is 3.29. The van der Waals surface area contributed by atoms with Gasteiger partial charge in [0.1, 0.15) is 5.75 Å². The highest BCUT2D eigenvalue weighted by Gasteiger charge is 2.00. The zero-order chi connectivity index (χ0) is 11.1. The van der Waals surface area contributed by atoms with Crippen LogP contribution >= 0.6 is 0 Å². The van der Waals surface area contributed by atoms with Gasteiger partial charge in [0.2, 0.25) is 0 Å². The Balaban J connectivity index is 2.33. The van der Waals surface area contributed by atoms with E-state index in [1.807, 2.05) is 19.1 Å². The first-order valence-corrected chi connectivity index (χ1v) is 4.86. The second kappa shape index (κ2) is 6.40. The van der Waals surface area contributed by atoms with E-state index < -0.39 is 0 Å². The van der Waals surface area contributed by atoms with E-state index in [-0.39, 0.29) is 5.75 Å². The number of rotatable bonds is 6. The molecule has 0 atom stereocenters. The van der Waals surface area contributed by atoms with Crippen molar-refractivity contribution >= 4 is 0 Å². The van der Waals surface area contributed by atoms with Gasteiger partial charge in [0.15, 0.2) is 0 Å². The van der Waals surface area contributed by atoms with Crippen molar-refractivity contribution in [1.82, 2.24) is 5.48 Å². The third-order valence-electron chi connectivity index (χ3n) is 1.99. The summed E-state index contributed by atoms with van der Waals surface area (Å²) in [5.74, 6) is 0.281. The number of nitrogens with one attached hydrogen (secondary N) is 1. The van der Waals surface area contributed by atoms with E-state index in [1.165, 1.54) is 0 Å². The molecule has 0 saturated carbocycles. The third kappa shape index (κ3) is 4.29. The summed E-state index contributed by atoms with van der Waals surface area (Å²) in [5, 5.41) is 9.52. The standard InChI is InChI=1S/C11H17NO3/c1-9-3-4-11(13)10(7-9)8-12-15-6-5-14-2/h3-4,7,12-13H,5-6,8H2,1-2H3. The minimum atomic E-state index is 0.281. The summed E-state index contributed by atoms with van der Waals surface area (Å²) >= 11 is 0. The number of aryl methyl sites for hydroxylation is 1. The molecular formula is C11H17NO3. The molecule has 84 valence electrons. The van der Waals surface area contributed by atoms with Crippen molar-refractivity contribution in [3.8, 4) is 5.75 Å². The van der Waals surface area contributed by atoms with Gasteiger partial charge in [-0.15, -0.1) is 0 Å². The van der Waals surface area contributed by atoms with Crippen molar-refractivity contribution in [1.29, 1.82) is 0 Å². The van der Waals surface area contributed by atoms with E-state index in [2.05, 4.69) is 5.48 Å². The van der Waals surface area contributed by atoms with E-state index in [1.54, 1.807) is 13.2 Å². The molecule has 0 amide bonds. The zero-order valence-electron chi connectivity index (χ0n) is 9.12. The number of benzene rings is 1. The fourth-order valence-corrected chi connectivity index (χ4v) is 1.18. The Bertz CT molecular complexity index is 302. The van der Waals surface area contributed by atoms with Crippen LogP contribution in [0, 0.1) is 6.92 Å². The average Bonchev–Trinajstić information content (AvgIpc) is 2.23. The lowest BCUT2D eigenvalue weighted by Crippen LogP contribution is -2.17. The molecule has 0 spiro atoms. The maximum absolute atomic E-state index is 9.52. The predicted octanol–water partition coefficient (Wildman–Crippen LogP) is 1.37. The van der Waals surface area contributed by atoms with Crippen LogP contribution in [-0.4, -0.2) is 25.4 Å². The van der Waals surface area contributed by atoms with Gasteiger partial charge in [-0.2, -0.15) is 5.48 Å². The van der Waals surface area contributed by atoms with Crippen LogP contribution in [0.3, 0.4) is 0 Å². The van der Waals surface area contributed by atoms with Crippen molar-refractivity contribution in [2.75, 3.05) is 20.3 Å². The van der Waals surface area contributed by atoms with Crippen LogP contribution in [0.15, 0.2) is 18.2 Å². The van der Waals surface area contributed by atoms with Crippen molar-refractivity contribution < 1.29 is 14.7 Å². The third-order valence-corrected chi connectivity index (χ3v) is 1.99. The monoisotopic (exact) mass is 211 g/mol. The summed E-state index contributed by atoms with van der Waals surface area (Å²) in [4.78, 5) is 5.09. The Morgan fingerprint density at radius 1 is 1.33 bits per heavy atom. The van der Waals surface area contributed by atoms with Crippen molar-refractivity contribution in [2.45, 2.75) is 13.5 Å². The first-order valence-electron chi connectivity index (χ1n) is 4.86. The van der Waals surface area contributed by atoms with Gasteiger partial charge >= 0.3 is 0 Å². The molecule has 15 heavy (non-hydrogen) atoms. The summed E-state index contributed by atoms with van der Waals surface area (Å²) in [5.41, 5.74) is 4.70. The first-order chi connectivity index (χ1) is 7.24. The van der Waals surface area contributed by atoms with Crippen molar-refractivity contribution in [3.63, 3.8) is 0 Å². The summed E-state index contributed by atoms with van der Waals surface area (Å²) in [6.07, 6.45) is 0. The number of hydrogen-bond acceptors (Lipinski definition) is 4. The fraction of sp³-hybridized carbons (Fsp3) is 0.455. The van der Waals surface area contributed by atoms with Crippen molar-refractivity contribution in [2.24, 2.45) is 0 Å². The van der Waals surface area contributed by atoms with Crippen LogP contribution in [0.2, 0.25) is 0 Å². The maximum atomic E-state index is 9.52.